The standard InChI is InChI=1S/C24H28IN3O6/c1-5-33-23(31)14-34-24-18(25)11-17(12-20(24)32-4)13-26-28-22(30)9-8-21(29)27-19-10-15(2)6-7-16(19)3/h6-7,10-13H,5,8-9,14H2,1-4H3,(H,27,29)(H,28,30). The Kier molecular flexibility index (Phi) is 10.8. The molecule has 0 atom stereocenters. The number of hydrogen-bond acceptors (Lipinski definition) is 7. The van der Waals surface area contributed by atoms with E-state index in [0.717, 1.165) is 16.8 Å². The summed E-state index contributed by atoms with van der Waals surface area (Å²) in [7, 11) is 1.48. The largest absolute Gasteiger partial charge is 0.493 e. The lowest BCUT2D eigenvalue weighted by Gasteiger charge is -2.13. The van der Waals surface area contributed by atoms with Gasteiger partial charge in [0.2, 0.25) is 11.8 Å². The summed E-state index contributed by atoms with van der Waals surface area (Å²) < 4.78 is 16.4. The second-order valence-electron chi connectivity index (χ2n) is 7.29. The first-order valence-corrected chi connectivity index (χ1v) is 11.7. The highest BCUT2D eigenvalue weighted by molar-refractivity contribution is 14.1. The van der Waals surface area contributed by atoms with Crippen molar-refractivity contribution in [2.24, 2.45) is 5.10 Å². The van der Waals surface area contributed by atoms with Crippen LogP contribution in [0.25, 0.3) is 0 Å². The van der Waals surface area contributed by atoms with Gasteiger partial charge in [-0.05, 0) is 78.3 Å². The lowest BCUT2D eigenvalue weighted by atomic mass is 10.1. The van der Waals surface area contributed by atoms with Crippen molar-refractivity contribution in [2.45, 2.75) is 33.6 Å². The summed E-state index contributed by atoms with van der Waals surface area (Å²) in [4.78, 5) is 35.8. The Bertz CT molecular complexity index is 1070. The molecule has 10 heteroatoms. The van der Waals surface area contributed by atoms with E-state index in [2.05, 4.69) is 38.4 Å². The maximum atomic E-state index is 12.2. The van der Waals surface area contributed by atoms with Crippen molar-refractivity contribution < 1.29 is 28.6 Å². The van der Waals surface area contributed by atoms with E-state index in [4.69, 9.17) is 14.2 Å². The van der Waals surface area contributed by atoms with E-state index in [1.165, 1.54) is 13.3 Å². The highest BCUT2D eigenvalue weighted by Gasteiger charge is 2.14. The van der Waals surface area contributed by atoms with E-state index in [1.807, 2.05) is 32.0 Å². The second kappa shape index (κ2) is 13.5. The number of hydrogen-bond donors (Lipinski definition) is 2. The highest BCUT2D eigenvalue weighted by Crippen LogP contribution is 2.33. The summed E-state index contributed by atoms with van der Waals surface area (Å²) in [6.07, 6.45) is 1.48. The molecule has 2 amide bonds. The number of esters is 1. The van der Waals surface area contributed by atoms with Gasteiger partial charge in [-0.25, -0.2) is 10.2 Å². The quantitative estimate of drug-likeness (QED) is 0.181. The Morgan fingerprint density at radius 1 is 1.09 bits per heavy atom. The molecule has 0 fully saturated rings. The van der Waals surface area contributed by atoms with E-state index in [9.17, 15) is 14.4 Å². The fourth-order valence-corrected chi connectivity index (χ4v) is 3.61. The Labute approximate surface area is 212 Å². The number of nitrogens with zero attached hydrogens (tertiary/aromatic N) is 1. The number of hydrazone groups is 1. The molecule has 182 valence electrons. The summed E-state index contributed by atoms with van der Waals surface area (Å²) in [5, 5.41) is 6.77. The SMILES string of the molecule is CCOC(=O)COc1c(I)cc(C=NNC(=O)CCC(=O)Nc2cc(C)ccc2C)cc1OC. The van der Waals surface area contributed by atoms with Crippen LogP contribution in [0, 0.1) is 17.4 Å². The van der Waals surface area contributed by atoms with Gasteiger partial charge >= 0.3 is 5.97 Å². The van der Waals surface area contributed by atoms with E-state index in [-0.39, 0.29) is 37.9 Å². The predicted molar refractivity (Wildman–Crippen MR) is 137 cm³/mol. The summed E-state index contributed by atoms with van der Waals surface area (Å²) in [5.74, 6) is -0.287. The Balaban J connectivity index is 1.88. The van der Waals surface area contributed by atoms with E-state index < -0.39 is 5.97 Å². The minimum atomic E-state index is -0.476. The van der Waals surface area contributed by atoms with E-state index >= 15 is 0 Å². The molecule has 0 saturated carbocycles. The van der Waals surface area contributed by atoms with Crippen LogP contribution in [0.4, 0.5) is 5.69 Å². The number of ether oxygens (including phenoxy) is 3. The van der Waals surface area contributed by atoms with Crippen LogP contribution in [0.5, 0.6) is 11.5 Å². The van der Waals surface area contributed by atoms with Crippen molar-refractivity contribution >= 4 is 52.3 Å². The van der Waals surface area contributed by atoms with Crippen molar-refractivity contribution in [1.82, 2.24) is 5.43 Å². The summed E-state index contributed by atoms with van der Waals surface area (Å²) in [6.45, 7) is 5.61. The third kappa shape index (κ3) is 8.65. The first kappa shape index (κ1) is 27.1. The monoisotopic (exact) mass is 581 g/mol. The molecule has 0 bridgehead atoms. The van der Waals surface area contributed by atoms with Gasteiger partial charge in [-0.15, -0.1) is 0 Å². The van der Waals surface area contributed by atoms with Crippen LogP contribution in [-0.4, -0.2) is 44.3 Å². The molecule has 0 saturated heterocycles. The zero-order valence-corrected chi connectivity index (χ0v) is 21.7. The third-order valence-electron chi connectivity index (χ3n) is 4.54. The Morgan fingerprint density at radius 2 is 1.82 bits per heavy atom. The van der Waals surface area contributed by atoms with E-state index in [0.29, 0.717) is 20.6 Å². The fourth-order valence-electron chi connectivity index (χ4n) is 2.83. The maximum Gasteiger partial charge on any atom is 0.344 e. The smallest absolute Gasteiger partial charge is 0.344 e. The van der Waals surface area contributed by atoms with Gasteiger partial charge in [0.1, 0.15) is 0 Å². The van der Waals surface area contributed by atoms with Gasteiger partial charge < -0.3 is 19.5 Å². The number of halogens is 1. The molecule has 0 unspecified atom stereocenters. The molecule has 0 radical (unpaired) electrons. The molecular weight excluding hydrogens is 553 g/mol. The molecule has 0 aliphatic heterocycles. The van der Waals surface area contributed by atoms with Crippen LogP contribution in [0.2, 0.25) is 0 Å². The van der Waals surface area contributed by atoms with Crippen LogP contribution in [-0.2, 0) is 19.1 Å². The molecule has 0 heterocycles. The minimum absolute atomic E-state index is 0.00443. The third-order valence-corrected chi connectivity index (χ3v) is 5.34. The normalized spacial score (nSPS) is 10.6. The molecule has 0 spiro atoms. The maximum absolute atomic E-state index is 12.2. The number of amides is 2. The fraction of sp³-hybridized carbons (Fsp3) is 0.333. The second-order valence-corrected chi connectivity index (χ2v) is 8.45. The van der Waals surface area contributed by atoms with Crippen LogP contribution in [0.1, 0.15) is 36.5 Å². The van der Waals surface area contributed by atoms with Crippen molar-refractivity contribution in [3.05, 3.63) is 50.6 Å². The number of carbonyl (C=O) groups excluding carboxylic acids is 3. The molecule has 0 aliphatic rings. The van der Waals surface area contributed by atoms with Crippen LogP contribution in [0.15, 0.2) is 35.4 Å². The minimum Gasteiger partial charge on any atom is -0.493 e. The number of benzene rings is 2. The van der Waals surface area contributed by atoms with Gasteiger partial charge in [0.25, 0.3) is 0 Å². The Hall–Kier alpha value is -3.15. The molecule has 34 heavy (non-hydrogen) atoms. The van der Waals surface area contributed by atoms with Gasteiger partial charge in [-0.2, -0.15) is 5.10 Å². The molecule has 2 rings (SSSR count). The van der Waals surface area contributed by atoms with Crippen molar-refractivity contribution in [3.63, 3.8) is 0 Å². The summed E-state index contributed by atoms with van der Waals surface area (Å²) in [6, 6.07) is 9.21. The van der Waals surface area contributed by atoms with Gasteiger partial charge in [-0.3, -0.25) is 9.59 Å². The van der Waals surface area contributed by atoms with Gasteiger partial charge in [0, 0.05) is 18.5 Å². The molecule has 0 aliphatic carbocycles. The molecule has 9 nitrogen and oxygen atoms in total. The zero-order valence-electron chi connectivity index (χ0n) is 19.6. The van der Waals surface area contributed by atoms with Crippen molar-refractivity contribution in [2.75, 3.05) is 25.6 Å². The molecular formula is C24H28IN3O6. The first-order chi connectivity index (χ1) is 16.2. The number of anilines is 1. The average Bonchev–Trinajstić information content (AvgIpc) is 2.79. The van der Waals surface area contributed by atoms with Crippen molar-refractivity contribution in [1.29, 1.82) is 0 Å². The molecule has 2 aromatic carbocycles. The Morgan fingerprint density at radius 3 is 2.53 bits per heavy atom. The van der Waals surface area contributed by atoms with Crippen LogP contribution >= 0.6 is 22.6 Å². The lowest BCUT2D eigenvalue weighted by molar-refractivity contribution is -0.145. The predicted octanol–water partition coefficient (Wildman–Crippen LogP) is 3.73. The van der Waals surface area contributed by atoms with Gasteiger partial charge in [-0.1, -0.05) is 12.1 Å². The molecule has 0 aromatic heterocycles. The molecule has 2 N–H and O–H groups in total. The van der Waals surface area contributed by atoms with Crippen molar-refractivity contribution in [3.8, 4) is 11.5 Å². The molecule has 2 aromatic rings. The summed E-state index contributed by atoms with van der Waals surface area (Å²) >= 11 is 2.05. The topological polar surface area (TPSA) is 115 Å². The van der Waals surface area contributed by atoms with Gasteiger partial charge in [0.05, 0.1) is 23.5 Å². The lowest BCUT2D eigenvalue weighted by Crippen LogP contribution is -2.21. The van der Waals surface area contributed by atoms with Crippen LogP contribution < -0.4 is 20.2 Å². The zero-order chi connectivity index (χ0) is 25.1. The highest BCUT2D eigenvalue weighted by atomic mass is 127. The summed E-state index contributed by atoms with van der Waals surface area (Å²) in [5.41, 5.74) is 5.79. The first-order valence-electron chi connectivity index (χ1n) is 10.6. The van der Waals surface area contributed by atoms with E-state index in [1.54, 1.807) is 19.1 Å². The number of nitrogens with one attached hydrogen (secondary N) is 2. The van der Waals surface area contributed by atoms with Gasteiger partial charge in [0.15, 0.2) is 18.1 Å². The number of aryl methyl sites for hydroxylation is 2. The number of carbonyl (C=O) groups is 3. The average molecular weight is 581 g/mol. The number of rotatable bonds is 11. The number of methoxy groups -OCH3 is 1. The van der Waals surface area contributed by atoms with Crippen LogP contribution in [0.3, 0.4) is 0 Å².